The van der Waals surface area contributed by atoms with E-state index in [1.807, 2.05) is 0 Å². The fourth-order valence-electron chi connectivity index (χ4n) is 2.21. The third kappa shape index (κ3) is 4.30. The normalized spacial score (nSPS) is 13.2. The van der Waals surface area contributed by atoms with E-state index in [1.165, 1.54) is 6.92 Å². The van der Waals surface area contributed by atoms with Gasteiger partial charge in [-0.05, 0) is 43.7 Å². The zero-order valence-electron chi connectivity index (χ0n) is 13.5. The van der Waals surface area contributed by atoms with Gasteiger partial charge in [0.2, 0.25) is 0 Å². The van der Waals surface area contributed by atoms with E-state index in [4.69, 9.17) is 27.9 Å². The number of esters is 1. The molecule has 1 N–H and O–H groups in total. The second-order valence-electron chi connectivity index (χ2n) is 5.45. The monoisotopic (exact) mass is 368 g/mol. The lowest BCUT2D eigenvalue weighted by Crippen LogP contribution is -2.37. The molecule has 0 bridgehead atoms. The molecule has 0 aliphatic carbocycles. The van der Waals surface area contributed by atoms with Gasteiger partial charge in [0.15, 0.2) is 6.10 Å². The van der Waals surface area contributed by atoms with Crippen LogP contribution >= 0.6 is 23.2 Å². The third-order valence-corrected chi connectivity index (χ3v) is 4.16. The Hall–Kier alpha value is -1.98. The molecule has 1 amide bonds. The zero-order valence-corrected chi connectivity index (χ0v) is 15.1. The number of amides is 1. The molecule has 7 heteroatoms. The number of hydrogen-bond donors (Lipinski definition) is 1. The topological polar surface area (TPSA) is 60.3 Å². The summed E-state index contributed by atoms with van der Waals surface area (Å²) in [6.45, 7) is 3.31. The third-order valence-electron chi connectivity index (χ3n) is 3.59. The largest absolute Gasteiger partial charge is 0.448 e. The number of nitrogens with one attached hydrogen (secondary N) is 1. The van der Waals surface area contributed by atoms with Crippen molar-refractivity contribution in [1.82, 2.24) is 9.88 Å². The average molecular weight is 369 g/mol. The number of aromatic nitrogens is 1. The summed E-state index contributed by atoms with van der Waals surface area (Å²) in [5, 5.41) is 3.75. The van der Waals surface area contributed by atoms with Crippen molar-refractivity contribution in [3.63, 3.8) is 0 Å². The van der Waals surface area contributed by atoms with Crippen LogP contribution in [0, 0.1) is 0 Å². The fourth-order valence-corrected chi connectivity index (χ4v) is 2.78. The molecule has 0 spiro atoms. The lowest BCUT2D eigenvalue weighted by atomic mass is 10.1. The van der Waals surface area contributed by atoms with Crippen molar-refractivity contribution in [1.29, 1.82) is 0 Å². The quantitative estimate of drug-likeness (QED) is 0.817. The first kappa shape index (κ1) is 18.4. The number of rotatable bonds is 5. The summed E-state index contributed by atoms with van der Waals surface area (Å²) in [5.41, 5.74) is 1.11. The van der Waals surface area contributed by atoms with Gasteiger partial charge in [-0.25, -0.2) is 4.79 Å². The van der Waals surface area contributed by atoms with Crippen LogP contribution in [0.1, 0.15) is 35.9 Å². The highest BCUT2D eigenvalue weighted by Crippen LogP contribution is 2.26. The van der Waals surface area contributed by atoms with E-state index < -0.39 is 18.0 Å². The molecule has 0 aliphatic rings. The predicted molar refractivity (Wildman–Crippen MR) is 93.3 cm³/mol. The maximum Gasteiger partial charge on any atom is 0.355 e. The maximum atomic E-state index is 12.2. The molecule has 2 atom stereocenters. The molecule has 128 valence electrons. The maximum absolute atomic E-state index is 12.2. The van der Waals surface area contributed by atoms with Gasteiger partial charge in [0.05, 0.1) is 6.04 Å². The molecule has 0 saturated heterocycles. The van der Waals surface area contributed by atoms with Crippen LogP contribution in [-0.4, -0.2) is 22.5 Å². The molecule has 2 rings (SSSR count). The molecule has 0 aliphatic heterocycles. The van der Waals surface area contributed by atoms with Crippen molar-refractivity contribution in [3.8, 4) is 0 Å². The van der Waals surface area contributed by atoms with Gasteiger partial charge in [0.1, 0.15) is 5.69 Å². The summed E-state index contributed by atoms with van der Waals surface area (Å²) in [7, 11) is 1.73. The van der Waals surface area contributed by atoms with E-state index in [0.29, 0.717) is 15.7 Å². The van der Waals surface area contributed by atoms with Gasteiger partial charge in [-0.1, -0.05) is 29.3 Å². The van der Waals surface area contributed by atoms with E-state index in [0.717, 1.165) is 5.56 Å². The van der Waals surface area contributed by atoms with Gasteiger partial charge in [-0.15, -0.1) is 0 Å². The number of carbonyl (C=O) groups is 2. The number of nitrogens with zero attached hydrogens (tertiary/aromatic N) is 1. The van der Waals surface area contributed by atoms with Gasteiger partial charge in [0, 0.05) is 23.3 Å². The highest BCUT2D eigenvalue weighted by atomic mass is 35.5. The Kier molecular flexibility index (Phi) is 5.91. The molecular formula is C17H18Cl2N2O3. The van der Waals surface area contributed by atoms with E-state index >= 15 is 0 Å². The highest BCUT2D eigenvalue weighted by molar-refractivity contribution is 6.35. The lowest BCUT2D eigenvalue weighted by Gasteiger charge is -2.19. The van der Waals surface area contributed by atoms with Gasteiger partial charge < -0.3 is 14.6 Å². The molecule has 5 nitrogen and oxygen atoms in total. The van der Waals surface area contributed by atoms with Gasteiger partial charge in [-0.3, -0.25) is 4.79 Å². The van der Waals surface area contributed by atoms with Crippen molar-refractivity contribution >= 4 is 35.1 Å². The van der Waals surface area contributed by atoms with Crippen LogP contribution in [0.4, 0.5) is 0 Å². The van der Waals surface area contributed by atoms with Crippen molar-refractivity contribution < 1.29 is 14.3 Å². The van der Waals surface area contributed by atoms with E-state index in [1.54, 1.807) is 55.1 Å². The molecule has 2 aromatic rings. The molecule has 24 heavy (non-hydrogen) atoms. The first-order valence-electron chi connectivity index (χ1n) is 7.37. The number of carbonyl (C=O) groups excluding carboxylic acids is 2. The predicted octanol–water partition coefficient (Wildman–Crippen LogP) is 3.75. The Morgan fingerprint density at radius 1 is 1.21 bits per heavy atom. The SMILES string of the molecule is C[C@H](NC(=O)[C@@H](C)OC(=O)c1cccn1C)c1ccc(Cl)cc1Cl. The molecular weight excluding hydrogens is 351 g/mol. The highest BCUT2D eigenvalue weighted by Gasteiger charge is 2.22. The average Bonchev–Trinajstić information content (AvgIpc) is 2.93. The molecule has 1 aromatic heterocycles. The molecule has 0 saturated carbocycles. The van der Waals surface area contributed by atoms with Crippen LogP contribution in [0.3, 0.4) is 0 Å². The van der Waals surface area contributed by atoms with Crippen LogP contribution in [0.15, 0.2) is 36.5 Å². The number of ether oxygens (including phenoxy) is 1. The van der Waals surface area contributed by atoms with Crippen LogP contribution in [0.25, 0.3) is 0 Å². The van der Waals surface area contributed by atoms with E-state index in [-0.39, 0.29) is 6.04 Å². The summed E-state index contributed by atoms with van der Waals surface area (Å²) in [5.74, 6) is -0.960. The first-order chi connectivity index (χ1) is 11.3. The Balaban J connectivity index is 1.98. The molecule has 0 fully saturated rings. The zero-order chi connectivity index (χ0) is 17.9. The van der Waals surface area contributed by atoms with Gasteiger partial charge >= 0.3 is 5.97 Å². The second-order valence-corrected chi connectivity index (χ2v) is 6.29. The van der Waals surface area contributed by atoms with E-state index in [9.17, 15) is 9.59 Å². The summed E-state index contributed by atoms with van der Waals surface area (Å²) >= 11 is 12.0. The number of halogens is 2. The smallest absolute Gasteiger partial charge is 0.355 e. The fraction of sp³-hybridized carbons (Fsp3) is 0.294. The first-order valence-corrected chi connectivity index (χ1v) is 8.13. The van der Waals surface area contributed by atoms with E-state index in [2.05, 4.69) is 5.32 Å². The number of aryl methyl sites for hydroxylation is 1. The van der Waals surface area contributed by atoms with Gasteiger partial charge in [-0.2, -0.15) is 0 Å². The van der Waals surface area contributed by atoms with Crippen LogP contribution < -0.4 is 5.32 Å². The van der Waals surface area contributed by atoms with Crippen LogP contribution in [0.5, 0.6) is 0 Å². The van der Waals surface area contributed by atoms with Crippen LogP contribution in [-0.2, 0) is 16.6 Å². The van der Waals surface area contributed by atoms with Crippen molar-refractivity contribution in [2.24, 2.45) is 7.05 Å². The van der Waals surface area contributed by atoms with Gasteiger partial charge in [0.25, 0.3) is 5.91 Å². The number of benzene rings is 1. The Morgan fingerprint density at radius 3 is 2.50 bits per heavy atom. The molecule has 0 radical (unpaired) electrons. The Bertz CT molecular complexity index is 758. The lowest BCUT2D eigenvalue weighted by molar-refractivity contribution is -0.129. The molecule has 1 heterocycles. The second kappa shape index (κ2) is 7.73. The minimum atomic E-state index is -0.930. The standard InChI is InChI=1S/C17H18Cl2N2O3/c1-10(13-7-6-12(18)9-14(13)19)20-16(22)11(2)24-17(23)15-5-4-8-21(15)3/h4-11H,1-3H3,(H,20,22)/t10-,11+/m0/s1. The minimum absolute atomic E-state index is 0.349. The van der Waals surface area contributed by atoms with Crippen molar-refractivity contribution in [2.75, 3.05) is 0 Å². The summed E-state index contributed by atoms with van der Waals surface area (Å²) in [6.07, 6.45) is 0.798. The Morgan fingerprint density at radius 2 is 1.92 bits per heavy atom. The minimum Gasteiger partial charge on any atom is -0.448 e. The van der Waals surface area contributed by atoms with Crippen molar-refractivity contribution in [3.05, 3.63) is 57.8 Å². The van der Waals surface area contributed by atoms with Crippen molar-refractivity contribution in [2.45, 2.75) is 26.0 Å². The summed E-state index contributed by atoms with van der Waals surface area (Å²) in [6, 6.07) is 8.06. The number of hydrogen-bond acceptors (Lipinski definition) is 3. The Labute approximate surface area is 150 Å². The summed E-state index contributed by atoms with van der Waals surface area (Å²) in [4.78, 5) is 24.3. The summed E-state index contributed by atoms with van der Waals surface area (Å²) < 4.78 is 6.83. The molecule has 1 aromatic carbocycles. The molecule has 0 unspecified atom stereocenters. The van der Waals surface area contributed by atoms with Crippen LogP contribution in [0.2, 0.25) is 10.0 Å².